The van der Waals surface area contributed by atoms with Gasteiger partial charge in [-0.1, -0.05) is 18.2 Å². The van der Waals surface area contributed by atoms with Crippen molar-refractivity contribution in [3.05, 3.63) is 41.6 Å². The fourth-order valence-corrected chi connectivity index (χ4v) is 1.83. The van der Waals surface area contributed by atoms with Crippen molar-refractivity contribution in [3.63, 3.8) is 0 Å². The lowest BCUT2D eigenvalue weighted by atomic mass is 10.0. The van der Waals surface area contributed by atoms with Crippen molar-refractivity contribution in [2.24, 2.45) is 5.73 Å². The summed E-state index contributed by atoms with van der Waals surface area (Å²) in [7, 11) is 0. The Hall–Kier alpha value is -1.41. The number of hydrogen-bond acceptors (Lipinski definition) is 2. The Kier molecular flexibility index (Phi) is 2.97. The van der Waals surface area contributed by atoms with Crippen LogP contribution >= 0.6 is 0 Å². The summed E-state index contributed by atoms with van der Waals surface area (Å²) in [4.78, 5) is 4.49. The number of benzene rings is 1. The van der Waals surface area contributed by atoms with Gasteiger partial charge in [0.1, 0.15) is 0 Å². The van der Waals surface area contributed by atoms with Crippen molar-refractivity contribution in [3.8, 4) is 0 Å². The quantitative estimate of drug-likeness (QED) is 0.826. The van der Waals surface area contributed by atoms with Crippen LogP contribution in [0.1, 0.15) is 17.5 Å². The van der Waals surface area contributed by atoms with Gasteiger partial charge in [0, 0.05) is 11.6 Å². The molecule has 0 spiro atoms. The zero-order chi connectivity index (χ0) is 10.7. The summed E-state index contributed by atoms with van der Waals surface area (Å²) in [6.45, 7) is 2.81. The molecule has 2 nitrogen and oxygen atoms in total. The number of pyridine rings is 1. The third kappa shape index (κ3) is 2.16. The van der Waals surface area contributed by atoms with Gasteiger partial charge in [0.2, 0.25) is 0 Å². The van der Waals surface area contributed by atoms with Gasteiger partial charge >= 0.3 is 0 Å². The fraction of sp³-hybridized carbons (Fsp3) is 0.308. The number of nitrogens with zero attached hydrogens (tertiary/aromatic N) is 1. The predicted molar refractivity (Wildman–Crippen MR) is 63.9 cm³/mol. The van der Waals surface area contributed by atoms with E-state index in [9.17, 15) is 0 Å². The number of fused-ring (bicyclic) bond motifs is 1. The summed E-state index contributed by atoms with van der Waals surface area (Å²) in [5, 5.41) is 1.23. The molecule has 15 heavy (non-hydrogen) atoms. The monoisotopic (exact) mass is 200 g/mol. The van der Waals surface area contributed by atoms with E-state index in [0.29, 0.717) is 0 Å². The fourth-order valence-electron chi connectivity index (χ4n) is 1.83. The highest BCUT2D eigenvalue weighted by Crippen LogP contribution is 2.18. The maximum absolute atomic E-state index is 5.52. The van der Waals surface area contributed by atoms with Gasteiger partial charge in [-0.3, -0.25) is 4.98 Å². The Morgan fingerprint density at radius 3 is 3.00 bits per heavy atom. The van der Waals surface area contributed by atoms with Crippen LogP contribution in [0.4, 0.5) is 0 Å². The first-order valence-corrected chi connectivity index (χ1v) is 5.35. The zero-order valence-electron chi connectivity index (χ0n) is 9.03. The van der Waals surface area contributed by atoms with Crippen LogP contribution in [0.25, 0.3) is 10.9 Å². The number of nitrogens with two attached hydrogens (primary N) is 1. The summed E-state index contributed by atoms with van der Waals surface area (Å²) < 4.78 is 0. The minimum Gasteiger partial charge on any atom is -0.330 e. The Balaban J connectivity index is 2.46. The number of rotatable bonds is 3. The van der Waals surface area contributed by atoms with Crippen LogP contribution in [0.3, 0.4) is 0 Å². The summed E-state index contributed by atoms with van der Waals surface area (Å²) in [5.41, 5.74) is 9.16. The number of hydrogen-bond donors (Lipinski definition) is 1. The molecule has 0 amide bonds. The molecule has 0 atom stereocenters. The number of aryl methyl sites for hydroxylation is 2. The highest BCUT2D eigenvalue weighted by Gasteiger charge is 2.01. The van der Waals surface area contributed by atoms with E-state index in [0.717, 1.165) is 24.9 Å². The molecule has 0 unspecified atom stereocenters. The van der Waals surface area contributed by atoms with E-state index in [1.54, 1.807) is 0 Å². The lowest BCUT2D eigenvalue weighted by molar-refractivity contribution is 0.835. The van der Waals surface area contributed by atoms with E-state index in [2.05, 4.69) is 36.2 Å². The summed E-state index contributed by atoms with van der Waals surface area (Å²) in [6, 6.07) is 8.52. The Morgan fingerprint density at radius 2 is 2.20 bits per heavy atom. The summed E-state index contributed by atoms with van der Waals surface area (Å²) in [6.07, 6.45) is 3.97. The van der Waals surface area contributed by atoms with Crippen molar-refractivity contribution in [2.75, 3.05) is 6.54 Å². The molecule has 1 aromatic heterocycles. The third-order valence-corrected chi connectivity index (χ3v) is 2.58. The van der Waals surface area contributed by atoms with Gasteiger partial charge in [0.05, 0.1) is 5.52 Å². The molecule has 0 bridgehead atoms. The van der Waals surface area contributed by atoms with E-state index >= 15 is 0 Å². The van der Waals surface area contributed by atoms with Crippen LogP contribution in [0.15, 0.2) is 30.5 Å². The lowest BCUT2D eigenvalue weighted by Gasteiger charge is -2.05. The third-order valence-electron chi connectivity index (χ3n) is 2.58. The normalized spacial score (nSPS) is 10.8. The number of aromatic nitrogens is 1. The van der Waals surface area contributed by atoms with Gasteiger partial charge in [-0.05, 0) is 43.5 Å². The largest absolute Gasteiger partial charge is 0.330 e. The molecule has 1 heterocycles. The van der Waals surface area contributed by atoms with E-state index in [1.807, 2.05) is 6.20 Å². The van der Waals surface area contributed by atoms with Crippen LogP contribution < -0.4 is 5.73 Å². The molecule has 0 aliphatic heterocycles. The Morgan fingerprint density at radius 1 is 1.33 bits per heavy atom. The number of para-hydroxylation sites is 1. The van der Waals surface area contributed by atoms with Gasteiger partial charge in [-0.15, -0.1) is 0 Å². The second-order valence-electron chi connectivity index (χ2n) is 3.89. The first-order chi connectivity index (χ1) is 7.31. The van der Waals surface area contributed by atoms with Crippen molar-refractivity contribution < 1.29 is 0 Å². The molecule has 2 N–H and O–H groups in total. The molecule has 0 saturated carbocycles. The smallest absolute Gasteiger partial charge is 0.0734 e. The van der Waals surface area contributed by atoms with Crippen molar-refractivity contribution in [1.29, 1.82) is 0 Å². The minimum atomic E-state index is 0.738. The maximum atomic E-state index is 5.52. The van der Waals surface area contributed by atoms with Gasteiger partial charge in [-0.2, -0.15) is 0 Å². The summed E-state index contributed by atoms with van der Waals surface area (Å²) in [5.74, 6) is 0. The first-order valence-electron chi connectivity index (χ1n) is 5.35. The van der Waals surface area contributed by atoms with E-state index in [4.69, 9.17) is 5.73 Å². The SMILES string of the molecule is Cc1cnc2c(CCCN)cccc2c1. The van der Waals surface area contributed by atoms with Gasteiger partial charge in [0.25, 0.3) is 0 Å². The highest BCUT2D eigenvalue weighted by molar-refractivity contribution is 5.82. The molecular formula is C13H16N2. The molecule has 0 aliphatic rings. The standard InChI is InChI=1S/C13H16N2/c1-10-8-12-5-2-4-11(6-3-7-14)13(12)15-9-10/h2,4-5,8-9H,3,6-7,14H2,1H3. The van der Waals surface area contributed by atoms with Crippen molar-refractivity contribution in [2.45, 2.75) is 19.8 Å². The summed E-state index contributed by atoms with van der Waals surface area (Å²) >= 11 is 0. The molecule has 0 fully saturated rings. The molecule has 2 aromatic rings. The van der Waals surface area contributed by atoms with Crippen molar-refractivity contribution >= 4 is 10.9 Å². The topological polar surface area (TPSA) is 38.9 Å². The average molecular weight is 200 g/mol. The van der Waals surface area contributed by atoms with Crippen LogP contribution in [0.5, 0.6) is 0 Å². The molecule has 0 saturated heterocycles. The molecule has 1 aromatic carbocycles. The average Bonchev–Trinajstić information content (AvgIpc) is 2.25. The van der Waals surface area contributed by atoms with E-state index in [1.165, 1.54) is 16.5 Å². The molecule has 0 radical (unpaired) electrons. The molecule has 2 heteroatoms. The molecular weight excluding hydrogens is 184 g/mol. The second-order valence-corrected chi connectivity index (χ2v) is 3.89. The van der Waals surface area contributed by atoms with E-state index < -0.39 is 0 Å². The van der Waals surface area contributed by atoms with E-state index in [-0.39, 0.29) is 0 Å². The highest BCUT2D eigenvalue weighted by atomic mass is 14.7. The van der Waals surface area contributed by atoms with Crippen LogP contribution in [0.2, 0.25) is 0 Å². The Bertz CT molecular complexity index is 463. The minimum absolute atomic E-state index is 0.738. The van der Waals surface area contributed by atoms with Gasteiger partial charge < -0.3 is 5.73 Å². The van der Waals surface area contributed by atoms with Crippen molar-refractivity contribution in [1.82, 2.24) is 4.98 Å². The predicted octanol–water partition coefficient (Wildman–Crippen LogP) is 2.43. The van der Waals surface area contributed by atoms with Gasteiger partial charge in [0.15, 0.2) is 0 Å². The molecule has 2 rings (SSSR count). The lowest BCUT2D eigenvalue weighted by Crippen LogP contribution is -2.01. The zero-order valence-corrected chi connectivity index (χ0v) is 9.03. The van der Waals surface area contributed by atoms with Crippen LogP contribution in [-0.2, 0) is 6.42 Å². The first kappa shape index (κ1) is 10.1. The van der Waals surface area contributed by atoms with Gasteiger partial charge in [-0.25, -0.2) is 0 Å². The molecule has 78 valence electrons. The second kappa shape index (κ2) is 4.41. The maximum Gasteiger partial charge on any atom is 0.0734 e. The Labute approximate surface area is 90.1 Å². The van der Waals surface area contributed by atoms with Crippen LogP contribution in [-0.4, -0.2) is 11.5 Å². The molecule has 0 aliphatic carbocycles. The van der Waals surface area contributed by atoms with Crippen LogP contribution in [0, 0.1) is 6.92 Å².